The number of sulfonamides is 1. The number of carbonyl (C=O) groups is 1. The number of unbranched alkanes of at least 4 members (excludes halogenated alkanes) is 3. The molecule has 0 saturated carbocycles. The van der Waals surface area contributed by atoms with Gasteiger partial charge in [-0.2, -0.15) is 0 Å². The van der Waals surface area contributed by atoms with Crippen LogP contribution in [0, 0.1) is 12.7 Å². The number of halogens is 1. The van der Waals surface area contributed by atoms with Crippen LogP contribution in [0.4, 0.5) is 4.39 Å². The smallest absolute Gasteiger partial charge is 0.338 e. The van der Waals surface area contributed by atoms with Gasteiger partial charge in [0, 0.05) is 0 Å². The Hall–Kier alpha value is -1.47. The number of hydrogen-bond acceptors (Lipinski definition) is 4. The van der Waals surface area contributed by atoms with Crippen LogP contribution in [0.2, 0.25) is 0 Å². The first-order chi connectivity index (χ1) is 9.77. The highest BCUT2D eigenvalue weighted by molar-refractivity contribution is 7.89. The largest absolute Gasteiger partial charge is 0.462 e. The third-order valence-electron chi connectivity index (χ3n) is 3.08. The molecule has 0 atom stereocenters. The lowest BCUT2D eigenvalue weighted by atomic mass is 10.1. The van der Waals surface area contributed by atoms with Crippen molar-refractivity contribution >= 4 is 16.0 Å². The maximum atomic E-state index is 13.5. The van der Waals surface area contributed by atoms with E-state index in [2.05, 4.69) is 6.92 Å². The van der Waals surface area contributed by atoms with Gasteiger partial charge in [-0.05, 0) is 31.0 Å². The van der Waals surface area contributed by atoms with E-state index in [1.807, 2.05) is 0 Å². The molecule has 0 fully saturated rings. The lowest BCUT2D eigenvalue weighted by Gasteiger charge is -2.10. The monoisotopic (exact) mass is 317 g/mol. The minimum Gasteiger partial charge on any atom is -0.462 e. The van der Waals surface area contributed by atoms with E-state index in [4.69, 9.17) is 9.88 Å². The van der Waals surface area contributed by atoms with E-state index in [-0.39, 0.29) is 17.7 Å². The Balaban J connectivity index is 2.88. The van der Waals surface area contributed by atoms with E-state index in [0.29, 0.717) is 0 Å². The van der Waals surface area contributed by atoms with Gasteiger partial charge in [0.1, 0.15) is 5.82 Å². The Labute approximate surface area is 124 Å². The maximum Gasteiger partial charge on any atom is 0.338 e. The molecule has 2 N–H and O–H groups in total. The summed E-state index contributed by atoms with van der Waals surface area (Å²) in [5.74, 6) is -1.59. The molecule has 118 valence electrons. The number of rotatable bonds is 7. The molecule has 5 nitrogen and oxygen atoms in total. The summed E-state index contributed by atoms with van der Waals surface area (Å²) < 4.78 is 41.2. The molecule has 7 heteroatoms. The summed E-state index contributed by atoms with van der Waals surface area (Å²) in [5, 5.41) is 5.00. The van der Waals surface area contributed by atoms with E-state index in [1.165, 1.54) is 6.92 Å². The van der Waals surface area contributed by atoms with E-state index in [1.54, 1.807) is 0 Å². The summed E-state index contributed by atoms with van der Waals surface area (Å²) >= 11 is 0. The molecule has 0 saturated heterocycles. The minimum atomic E-state index is -4.09. The van der Waals surface area contributed by atoms with Crippen molar-refractivity contribution in [2.24, 2.45) is 5.14 Å². The van der Waals surface area contributed by atoms with Gasteiger partial charge in [-0.15, -0.1) is 0 Å². The summed E-state index contributed by atoms with van der Waals surface area (Å²) in [6.45, 7) is 3.68. The molecule has 0 aliphatic heterocycles. The predicted octanol–water partition coefficient (Wildman–Crippen LogP) is 2.52. The molecule has 1 aromatic rings. The van der Waals surface area contributed by atoms with Crippen molar-refractivity contribution in [3.05, 3.63) is 29.1 Å². The van der Waals surface area contributed by atoms with Crippen LogP contribution in [0.25, 0.3) is 0 Å². The van der Waals surface area contributed by atoms with Gasteiger partial charge < -0.3 is 4.74 Å². The van der Waals surface area contributed by atoms with Gasteiger partial charge in [0.2, 0.25) is 10.0 Å². The van der Waals surface area contributed by atoms with Crippen LogP contribution in [-0.4, -0.2) is 21.0 Å². The first-order valence-electron chi connectivity index (χ1n) is 6.77. The van der Waals surface area contributed by atoms with Gasteiger partial charge in [0.25, 0.3) is 0 Å². The van der Waals surface area contributed by atoms with Gasteiger partial charge in [-0.3, -0.25) is 0 Å². The zero-order chi connectivity index (χ0) is 16.0. The number of esters is 1. The Morgan fingerprint density at radius 3 is 2.52 bits per heavy atom. The van der Waals surface area contributed by atoms with Gasteiger partial charge in [0.05, 0.1) is 17.1 Å². The van der Waals surface area contributed by atoms with Gasteiger partial charge in [-0.1, -0.05) is 26.2 Å². The molecule has 0 aliphatic carbocycles. The van der Waals surface area contributed by atoms with Crippen LogP contribution >= 0.6 is 0 Å². The van der Waals surface area contributed by atoms with E-state index < -0.39 is 26.7 Å². The minimum absolute atomic E-state index is 0.0949. The Morgan fingerprint density at radius 1 is 1.29 bits per heavy atom. The standard InChI is InChI=1S/C14H20FNO4S/c1-3-4-5-6-7-20-14(17)12-8-11(15)9-13(10(12)2)21(16,18)19/h8-9H,3-7H2,1-2H3,(H2,16,18,19). The first-order valence-corrected chi connectivity index (χ1v) is 8.32. The molecular weight excluding hydrogens is 297 g/mol. The molecule has 1 rings (SSSR count). The van der Waals surface area contributed by atoms with Crippen molar-refractivity contribution in [3.63, 3.8) is 0 Å². The van der Waals surface area contributed by atoms with Gasteiger partial charge in [0.15, 0.2) is 0 Å². The fraction of sp³-hybridized carbons (Fsp3) is 0.500. The van der Waals surface area contributed by atoms with Gasteiger partial charge in [-0.25, -0.2) is 22.7 Å². The topological polar surface area (TPSA) is 86.5 Å². The van der Waals surface area contributed by atoms with Crippen molar-refractivity contribution in [1.29, 1.82) is 0 Å². The molecule has 0 radical (unpaired) electrons. The molecule has 0 aromatic heterocycles. The number of carbonyl (C=O) groups excluding carboxylic acids is 1. The zero-order valence-corrected chi connectivity index (χ0v) is 13.0. The molecular formula is C14H20FNO4S. The Kier molecular flexibility index (Phi) is 6.29. The summed E-state index contributed by atoms with van der Waals surface area (Å²) in [5.41, 5.74) is -0.0213. The second-order valence-corrected chi connectivity index (χ2v) is 6.35. The third kappa shape index (κ3) is 5.09. The second-order valence-electron chi connectivity index (χ2n) is 4.82. The lowest BCUT2D eigenvalue weighted by Crippen LogP contribution is -2.17. The van der Waals surface area contributed by atoms with Crippen LogP contribution in [-0.2, 0) is 14.8 Å². The second kappa shape index (κ2) is 7.51. The molecule has 1 aromatic carbocycles. The predicted molar refractivity (Wildman–Crippen MR) is 76.9 cm³/mol. The highest BCUT2D eigenvalue weighted by atomic mass is 32.2. The number of nitrogens with two attached hydrogens (primary N) is 1. The van der Waals surface area contributed by atoms with Crippen LogP contribution in [0.5, 0.6) is 0 Å². The Morgan fingerprint density at radius 2 is 1.95 bits per heavy atom. The average molecular weight is 317 g/mol. The molecule has 0 amide bonds. The quantitative estimate of drug-likeness (QED) is 0.618. The first kappa shape index (κ1) is 17.6. The SMILES string of the molecule is CCCCCCOC(=O)c1cc(F)cc(S(N)(=O)=O)c1C. The summed E-state index contributed by atoms with van der Waals surface area (Å²) in [7, 11) is -4.09. The normalized spacial score (nSPS) is 11.4. The number of hydrogen-bond donors (Lipinski definition) is 1. The number of primary sulfonamides is 1. The maximum absolute atomic E-state index is 13.5. The molecule has 21 heavy (non-hydrogen) atoms. The fourth-order valence-electron chi connectivity index (χ4n) is 1.93. The average Bonchev–Trinajstić information content (AvgIpc) is 2.39. The molecule has 0 heterocycles. The molecule has 0 unspecified atom stereocenters. The van der Waals surface area contributed by atoms with Crippen molar-refractivity contribution in [2.75, 3.05) is 6.61 Å². The Bertz CT molecular complexity index is 614. The van der Waals surface area contributed by atoms with Crippen molar-refractivity contribution < 1.29 is 22.3 Å². The number of benzene rings is 1. The summed E-state index contributed by atoms with van der Waals surface area (Å²) in [4.78, 5) is 11.5. The van der Waals surface area contributed by atoms with E-state index >= 15 is 0 Å². The third-order valence-corrected chi connectivity index (χ3v) is 4.12. The molecule has 0 aliphatic rings. The molecule has 0 spiro atoms. The highest BCUT2D eigenvalue weighted by Crippen LogP contribution is 2.21. The van der Waals surface area contributed by atoms with E-state index in [0.717, 1.165) is 37.8 Å². The van der Waals surface area contributed by atoms with Crippen molar-refractivity contribution in [3.8, 4) is 0 Å². The number of ether oxygens (including phenoxy) is 1. The van der Waals surface area contributed by atoms with Crippen LogP contribution in [0.15, 0.2) is 17.0 Å². The van der Waals surface area contributed by atoms with Crippen molar-refractivity contribution in [1.82, 2.24) is 0 Å². The zero-order valence-electron chi connectivity index (χ0n) is 12.2. The van der Waals surface area contributed by atoms with Gasteiger partial charge >= 0.3 is 5.97 Å². The highest BCUT2D eigenvalue weighted by Gasteiger charge is 2.20. The lowest BCUT2D eigenvalue weighted by molar-refractivity contribution is 0.0496. The summed E-state index contributed by atoms with van der Waals surface area (Å²) in [6.07, 6.45) is 3.77. The van der Waals surface area contributed by atoms with E-state index in [9.17, 15) is 17.6 Å². The summed E-state index contributed by atoms with van der Waals surface area (Å²) in [6, 6.07) is 1.75. The molecule has 0 bridgehead atoms. The van der Waals surface area contributed by atoms with Crippen LogP contribution in [0.3, 0.4) is 0 Å². The van der Waals surface area contributed by atoms with Crippen LogP contribution in [0.1, 0.15) is 48.5 Å². The van der Waals surface area contributed by atoms with Crippen molar-refractivity contribution in [2.45, 2.75) is 44.4 Å². The fourth-order valence-corrected chi connectivity index (χ4v) is 2.75. The van der Waals surface area contributed by atoms with Crippen LogP contribution < -0.4 is 5.14 Å².